The van der Waals surface area contributed by atoms with Gasteiger partial charge < -0.3 is 4.90 Å². The fourth-order valence-corrected chi connectivity index (χ4v) is 3.57. The Balaban J connectivity index is 1.87. The van der Waals surface area contributed by atoms with Gasteiger partial charge in [0.2, 0.25) is 0 Å². The smallest absolute Gasteiger partial charge is 0.254 e. The van der Waals surface area contributed by atoms with Crippen LogP contribution in [0.25, 0.3) is 0 Å². The van der Waals surface area contributed by atoms with Gasteiger partial charge in [0.25, 0.3) is 5.91 Å². The molecule has 0 saturated carbocycles. The van der Waals surface area contributed by atoms with Crippen LogP contribution < -0.4 is 0 Å². The van der Waals surface area contributed by atoms with E-state index in [9.17, 15) is 4.79 Å². The molecular formula is C16H17NOS. The van der Waals surface area contributed by atoms with Crippen LogP contribution in [-0.2, 0) is 0 Å². The SMILES string of the molecule is O=C(c1ccccc1)N1CCCCC1c1cccs1. The number of thiophene rings is 1. The van der Waals surface area contributed by atoms with E-state index in [1.54, 1.807) is 11.3 Å². The molecule has 0 radical (unpaired) electrons. The molecule has 19 heavy (non-hydrogen) atoms. The van der Waals surface area contributed by atoms with Crippen molar-refractivity contribution < 1.29 is 4.79 Å². The summed E-state index contributed by atoms with van der Waals surface area (Å²) >= 11 is 1.75. The van der Waals surface area contributed by atoms with Gasteiger partial charge >= 0.3 is 0 Å². The summed E-state index contributed by atoms with van der Waals surface area (Å²) in [6.07, 6.45) is 3.40. The second-order valence-electron chi connectivity index (χ2n) is 4.89. The summed E-state index contributed by atoms with van der Waals surface area (Å²) in [4.78, 5) is 16.0. The zero-order chi connectivity index (χ0) is 13.1. The Labute approximate surface area is 117 Å². The maximum atomic E-state index is 12.6. The fourth-order valence-electron chi connectivity index (χ4n) is 2.70. The number of nitrogens with zero attached hydrogens (tertiary/aromatic N) is 1. The molecule has 0 aliphatic carbocycles. The number of likely N-dealkylation sites (tertiary alicyclic amines) is 1. The van der Waals surface area contributed by atoms with Crippen molar-refractivity contribution in [1.82, 2.24) is 4.90 Å². The molecule has 0 N–H and O–H groups in total. The largest absolute Gasteiger partial charge is 0.331 e. The Morgan fingerprint density at radius 3 is 2.68 bits per heavy atom. The molecule has 1 saturated heterocycles. The van der Waals surface area contributed by atoms with E-state index in [0.717, 1.165) is 24.9 Å². The second-order valence-corrected chi connectivity index (χ2v) is 5.87. The molecule has 1 aliphatic rings. The van der Waals surface area contributed by atoms with Crippen molar-refractivity contribution in [3.8, 4) is 0 Å². The zero-order valence-electron chi connectivity index (χ0n) is 10.8. The summed E-state index contributed by atoms with van der Waals surface area (Å²) in [5.41, 5.74) is 0.797. The third-order valence-corrected chi connectivity index (χ3v) is 4.63. The number of hydrogen-bond donors (Lipinski definition) is 0. The lowest BCUT2D eigenvalue weighted by Crippen LogP contribution is -2.38. The van der Waals surface area contributed by atoms with Crippen LogP contribution in [0.3, 0.4) is 0 Å². The molecule has 1 atom stereocenters. The minimum Gasteiger partial charge on any atom is -0.331 e. The summed E-state index contributed by atoms with van der Waals surface area (Å²) in [6, 6.07) is 14.1. The standard InChI is InChI=1S/C16H17NOS/c18-16(13-7-2-1-3-8-13)17-11-5-4-9-14(17)15-10-6-12-19-15/h1-3,6-8,10,12,14H,4-5,9,11H2. The first-order valence-electron chi connectivity index (χ1n) is 6.75. The highest BCUT2D eigenvalue weighted by molar-refractivity contribution is 7.10. The van der Waals surface area contributed by atoms with E-state index >= 15 is 0 Å². The summed E-state index contributed by atoms with van der Waals surface area (Å²) in [6.45, 7) is 0.871. The van der Waals surface area contributed by atoms with Crippen LogP contribution >= 0.6 is 11.3 Å². The van der Waals surface area contributed by atoms with Gasteiger partial charge in [0, 0.05) is 17.0 Å². The molecule has 3 heteroatoms. The number of piperidine rings is 1. The van der Waals surface area contributed by atoms with Crippen LogP contribution in [0.15, 0.2) is 47.8 Å². The van der Waals surface area contributed by atoms with Gasteiger partial charge in [-0.05, 0) is 42.8 Å². The number of amides is 1. The van der Waals surface area contributed by atoms with Crippen LogP contribution in [-0.4, -0.2) is 17.4 Å². The van der Waals surface area contributed by atoms with Crippen molar-refractivity contribution >= 4 is 17.2 Å². The molecule has 1 aromatic carbocycles. The summed E-state index contributed by atoms with van der Waals surface area (Å²) < 4.78 is 0. The second kappa shape index (κ2) is 5.57. The van der Waals surface area contributed by atoms with E-state index in [0.29, 0.717) is 0 Å². The first-order valence-corrected chi connectivity index (χ1v) is 7.63. The molecule has 2 aromatic rings. The van der Waals surface area contributed by atoms with Gasteiger partial charge in [-0.2, -0.15) is 0 Å². The van der Waals surface area contributed by atoms with Crippen LogP contribution in [0.1, 0.15) is 40.5 Å². The van der Waals surface area contributed by atoms with Gasteiger partial charge in [-0.1, -0.05) is 24.3 Å². The molecule has 0 bridgehead atoms. The lowest BCUT2D eigenvalue weighted by Gasteiger charge is -2.35. The molecule has 2 heterocycles. The highest BCUT2D eigenvalue weighted by Gasteiger charge is 2.28. The number of benzene rings is 1. The first-order chi connectivity index (χ1) is 9.36. The van der Waals surface area contributed by atoms with E-state index in [2.05, 4.69) is 17.5 Å². The Bertz CT molecular complexity index is 535. The molecule has 1 unspecified atom stereocenters. The number of hydrogen-bond acceptors (Lipinski definition) is 2. The van der Waals surface area contributed by atoms with E-state index in [4.69, 9.17) is 0 Å². The summed E-state index contributed by atoms with van der Waals surface area (Å²) in [5, 5.41) is 2.09. The normalized spacial score (nSPS) is 19.4. The molecule has 1 amide bonds. The van der Waals surface area contributed by atoms with Gasteiger partial charge in [0.1, 0.15) is 0 Å². The van der Waals surface area contributed by atoms with Crippen LogP contribution in [0.4, 0.5) is 0 Å². The average molecular weight is 271 g/mol. The number of rotatable bonds is 2. The summed E-state index contributed by atoms with van der Waals surface area (Å²) in [7, 11) is 0. The van der Waals surface area contributed by atoms with Crippen molar-refractivity contribution in [3.05, 3.63) is 58.3 Å². The van der Waals surface area contributed by atoms with E-state index in [1.807, 2.05) is 35.2 Å². The van der Waals surface area contributed by atoms with Gasteiger partial charge in [-0.3, -0.25) is 4.79 Å². The Kier molecular flexibility index (Phi) is 3.65. The predicted octanol–water partition coefficient (Wildman–Crippen LogP) is 4.12. The number of carbonyl (C=O) groups excluding carboxylic acids is 1. The Morgan fingerprint density at radius 1 is 1.11 bits per heavy atom. The van der Waals surface area contributed by atoms with Crippen LogP contribution in [0.2, 0.25) is 0 Å². The van der Waals surface area contributed by atoms with E-state index in [1.165, 1.54) is 11.3 Å². The van der Waals surface area contributed by atoms with Crippen molar-refractivity contribution in [2.75, 3.05) is 6.54 Å². The minimum atomic E-state index is 0.165. The lowest BCUT2D eigenvalue weighted by molar-refractivity contribution is 0.0616. The van der Waals surface area contributed by atoms with Gasteiger partial charge in [0.15, 0.2) is 0 Å². The third kappa shape index (κ3) is 2.56. The average Bonchev–Trinajstić information content (AvgIpc) is 3.01. The quantitative estimate of drug-likeness (QED) is 0.804. The molecular weight excluding hydrogens is 254 g/mol. The molecule has 98 valence electrons. The molecule has 1 aliphatic heterocycles. The summed E-state index contributed by atoms with van der Waals surface area (Å²) in [5.74, 6) is 0.165. The molecule has 2 nitrogen and oxygen atoms in total. The van der Waals surface area contributed by atoms with Gasteiger partial charge in [0.05, 0.1) is 6.04 Å². The maximum Gasteiger partial charge on any atom is 0.254 e. The first kappa shape index (κ1) is 12.4. The molecule has 1 aromatic heterocycles. The minimum absolute atomic E-state index is 0.165. The van der Waals surface area contributed by atoms with E-state index in [-0.39, 0.29) is 11.9 Å². The monoisotopic (exact) mass is 271 g/mol. The zero-order valence-corrected chi connectivity index (χ0v) is 11.6. The third-order valence-electron chi connectivity index (χ3n) is 3.66. The van der Waals surface area contributed by atoms with E-state index < -0.39 is 0 Å². The lowest BCUT2D eigenvalue weighted by atomic mass is 9.99. The van der Waals surface area contributed by atoms with Gasteiger partial charge in [-0.25, -0.2) is 0 Å². The Hall–Kier alpha value is -1.61. The van der Waals surface area contributed by atoms with Crippen molar-refractivity contribution in [2.24, 2.45) is 0 Å². The molecule has 1 fully saturated rings. The predicted molar refractivity (Wildman–Crippen MR) is 78.4 cm³/mol. The van der Waals surface area contributed by atoms with Gasteiger partial charge in [-0.15, -0.1) is 11.3 Å². The fraction of sp³-hybridized carbons (Fsp3) is 0.312. The van der Waals surface area contributed by atoms with Crippen LogP contribution in [0.5, 0.6) is 0 Å². The van der Waals surface area contributed by atoms with Crippen molar-refractivity contribution in [3.63, 3.8) is 0 Å². The van der Waals surface area contributed by atoms with Crippen molar-refractivity contribution in [2.45, 2.75) is 25.3 Å². The number of carbonyl (C=O) groups is 1. The Morgan fingerprint density at radius 2 is 1.95 bits per heavy atom. The maximum absolute atomic E-state index is 12.6. The van der Waals surface area contributed by atoms with Crippen molar-refractivity contribution in [1.29, 1.82) is 0 Å². The molecule has 0 spiro atoms. The highest BCUT2D eigenvalue weighted by atomic mass is 32.1. The van der Waals surface area contributed by atoms with Crippen LogP contribution in [0, 0.1) is 0 Å². The highest BCUT2D eigenvalue weighted by Crippen LogP contribution is 2.34. The topological polar surface area (TPSA) is 20.3 Å². The molecule has 3 rings (SSSR count).